The number of carbonyl (C=O) groups is 1. The molecule has 1 heterocycles. The van der Waals surface area contributed by atoms with Crippen LogP contribution in [0.1, 0.15) is 29.2 Å². The van der Waals surface area contributed by atoms with E-state index in [0.29, 0.717) is 6.61 Å². The molecular weight excluding hydrogens is 228 g/mol. The molecule has 1 aliphatic heterocycles. The van der Waals surface area contributed by atoms with Crippen LogP contribution in [-0.2, 0) is 9.53 Å². The van der Waals surface area contributed by atoms with Crippen LogP contribution in [0, 0.1) is 13.8 Å². The molecule has 1 atom stereocenters. The zero-order valence-corrected chi connectivity index (χ0v) is 11.2. The van der Waals surface area contributed by atoms with E-state index in [1.54, 1.807) is 7.11 Å². The first-order valence-corrected chi connectivity index (χ1v) is 6.28. The third-order valence-electron chi connectivity index (χ3n) is 3.21. The van der Waals surface area contributed by atoms with Crippen molar-refractivity contribution in [2.75, 3.05) is 25.6 Å². The van der Waals surface area contributed by atoms with E-state index in [0.717, 1.165) is 29.8 Å². The highest BCUT2D eigenvalue weighted by Gasteiger charge is 2.30. The van der Waals surface area contributed by atoms with Gasteiger partial charge in [0, 0.05) is 25.0 Å². The van der Waals surface area contributed by atoms with E-state index in [1.807, 2.05) is 6.92 Å². The Morgan fingerprint density at radius 3 is 2.89 bits per heavy atom. The number of amides is 1. The Kier molecular flexibility index (Phi) is 3.99. The number of nitrogens with one attached hydrogen (secondary N) is 2. The van der Waals surface area contributed by atoms with Crippen LogP contribution in [0.15, 0.2) is 12.1 Å². The summed E-state index contributed by atoms with van der Waals surface area (Å²) in [4.78, 5) is 12.0. The van der Waals surface area contributed by atoms with Crippen LogP contribution >= 0.6 is 0 Å². The third kappa shape index (κ3) is 2.54. The minimum Gasteiger partial charge on any atom is -0.385 e. The van der Waals surface area contributed by atoms with Gasteiger partial charge >= 0.3 is 0 Å². The molecule has 0 saturated heterocycles. The van der Waals surface area contributed by atoms with Crippen molar-refractivity contribution < 1.29 is 9.53 Å². The Hall–Kier alpha value is -1.39. The van der Waals surface area contributed by atoms with Gasteiger partial charge in [-0.25, -0.2) is 0 Å². The molecule has 18 heavy (non-hydrogen) atoms. The number of methoxy groups -OCH3 is 1. The summed E-state index contributed by atoms with van der Waals surface area (Å²) in [6, 6.07) is 3.94. The maximum atomic E-state index is 12.0. The Labute approximate surface area is 108 Å². The summed E-state index contributed by atoms with van der Waals surface area (Å²) in [5.41, 5.74) is 4.34. The smallest absolute Gasteiger partial charge is 0.246 e. The minimum atomic E-state index is -0.226. The Balaban J connectivity index is 2.12. The fourth-order valence-electron chi connectivity index (χ4n) is 2.40. The number of carbonyl (C=O) groups excluding carboxylic acids is 1. The van der Waals surface area contributed by atoms with Crippen LogP contribution in [0.25, 0.3) is 0 Å². The van der Waals surface area contributed by atoms with E-state index < -0.39 is 0 Å². The fourth-order valence-corrected chi connectivity index (χ4v) is 2.40. The zero-order chi connectivity index (χ0) is 13.1. The molecule has 2 rings (SSSR count). The van der Waals surface area contributed by atoms with Gasteiger partial charge in [0.15, 0.2) is 0 Å². The van der Waals surface area contributed by atoms with Gasteiger partial charge in [0.1, 0.15) is 6.04 Å². The van der Waals surface area contributed by atoms with Gasteiger partial charge in [-0.05, 0) is 32.4 Å². The first-order chi connectivity index (χ1) is 8.63. The predicted molar refractivity (Wildman–Crippen MR) is 71.8 cm³/mol. The molecule has 0 bridgehead atoms. The van der Waals surface area contributed by atoms with Gasteiger partial charge in [0.05, 0.1) is 0 Å². The first-order valence-electron chi connectivity index (χ1n) is 6.28. The molecule has 1 aromatic rings. The summed E-state index contributed by atoms with van der Waals surface area (Å²) in [5, 5.41) is 6.24. The van der Waals surface area contributed by atoms with Crippen LogP contribution < -0.4 is 10.6 Å². The molecule has 1 unspecified atom stereocenters. The number of rotatable bonds is 5. The van der Waals surface area contributed by atoms with Crippen molar-refractivity contribution in [2.45, 2.75) is 26.3 Å². The van der Waals surface area contributed by atoms with Gasteiger partial charge in [0.2, 0.25) is 5.91 Å². The molecule has 0 radical (unpaired) electrons. The summed E-state index contributed by atoms with van der Waals surface area (Å²) in [6.45, 7) is 5.57. The van der Waals surface area contributed by atoms with Crippen LogP contribution in [0.3, 0.4) is 0 Å². The number of benzene rings is 1. The van der Waals surface area contributed by atoms with Gasteiger partial charge in [-0.2, -0.15) is 0 Å². The third-order valence-corrected chi connectivity index (χ3v) is 3.21. The maximum absolute atomic E-state index is 12.0. The Bertz CT molecular complexity index is 457. The van der Waals surface area contributed by atoms with Gasteiger partial charge < -0.3 is 15.4 Å². The molecule has 0 aromatic heterocycles. The second-order valence-corrected chi connectivity index (χ2v) is 4.77. The monoisotopic (exact) mass is 248 g/mol. The predicted octanol–water partition coefficient (Wildman–Crippen LogP) is 1.92. The molecule has 4 nitrogen and oxygen atoms in total. The topological polar surface area (TPSA) is 50.4 Å². The lowest BCUT2D eigenvalue weighted by atomic mass is 10.0. The zero-order valence-electron chi connectivity index (χ0n) is 11.2. The van der Waals surface area contributed by atoms with Crippen molar-refractivity contribution in [3.63, 3.8) is 0 Å². The van der Waals surface area contributed by atoms with Crippen molar-refractivity contribution >= 4 is 11.6 Å². The molecule has 0 saturated carbocycles. The molecule has 0 spiro atoms. The SMILES string of the molecule is COCCCNC1C(=O)Nc2c(C)cc(C)cc21. The molecule has 2 N–H and O–H groups in total. The van der Waals surface area contributed by atoms with E-state index in [9.17, 15) is 4.79 Å². The van der Waals surface area contributed by atoms with Crippen molar-refractivity contribution in [1.29, 1.82) is 0 Å². The lowest BCUT2D eigenvalue weighted by Crippen LogP contribution is -2.28. The second-order valence-electron chi connectivity index (χ2n) is 4.77. The molecule has 0 aliphatic carbocycles. The van der Waals surface area contributed by atoms with Crippen molar-refractivity contribution in [1.82, 2.24) is 5.32 Å². The maximum Gasteiger partial charge on any atom is 0.246 e. The van der Waals surface area contributed by atoms with Crippen LogP contribution in [-0.4, -0.2) is 26.2 Å². The van der Waals surface area contributed by atoms with E-state index in [1.165, 1.54) is 5.56 Å². The Morgan fingerprint density at radius 2 is 2.17 bits per heavy atom. The van der Waals surface area contributed by atoms with Gasteiger partial charge in [0.25, 0.3) is 0 Å². The average Bonchev–Trinajstić information content (AvgIpc) is 2.62. The summed E-state index contributed by atoms with van der Waals surface area (Å²) in [7, 11) is 1.68. The number of fused-ring (bicyclic) bond motifs is 1. The molecule has 1 aromatic carbocycles. The highest BCUT2D eigenvalue weighted by atomic mass is 16.5. The van der Waals surface area contributed by atoms with Crippen molar-refractivity contribution in [3.05, 3.63) is 28.8 Å². The van der Waals surface area contributed by atoms with Crippen LogP contribution in [0.2, 0.25) is 0 Å². The average molecular weight is 248 g/mol. The lowest BCUT2D eigenvalue weighted by Gasteiger charge is -2.12. The first kappa shape index (κ1) is 13.1. The standard InChI is InChI=1S/C14H20N2O2/c1-9-7-10(2)12-11(8-9)13(14(17)16-12)15-5-4-6-18-3/h7-8,13,15H,4-6H2,1-3H3,(H,16,17). The number of aryl methyl sites for hydroxylation is 2. The number of ether oxygens (including phenoxy) is 1. The molecule has 1 aliphatic rings. The van der Waals surface area contributed by atoms with Crippen LogP contribution in [0.4, 0.5) is 5.69 Å². The summed E-state index contributed by atoms with van der Waals surface area (Å²) >= 11 is 0. The Morgan fingerprint density at radius 1 is 1.39 bits per heavy atom. The van der Waals surface area contributed by atoms with Gasteiger partial charge in [-0.1, -0.05) is 17.7 Å². The van der Waals surface area contributed by atoms with Crippen molar-refractivity contribution in [2.24, 2.45) is 0 Å². The van der Waals surface area contributed by atoms with Crippen molar-refractivity contribution in [3.8, 4) is 0 Å². The fraction of sp³-hybridized carbons (Fsp3) is 0.500. The van der Waals surface area contributed by atoms with Gasteiger partial charge in [-0.15, -0.1) is 0 Å². The van der Waals surface area contributed by atoms with E-state index in [-0.39, 0.29) is 11.9 Å². The normalized spacial score (nSPS) is 17.7. The van der Waals surface area contributed by atoms with Crippen LogP contribution in [0.5, 0.6) is 0 Å². The minimum absolute atomic E-state index is 0.0381. The lowest BCUT2D eigenvalue weighted by molar-refractivity contribution is -0.117. The van der Waals surface area contributed by atoms with E-state index >= 15 is 0 Å². The summed E-state index contributed by atoms with van der Waals surface area (Å²) in [5.74, 6) is 0.0381. The molecule has 1 amide bonds. The molecule has 98 valence electrons. The highest BCUT2D eigenvalue weighted by Crippen LogP contribution is 2.34. The van der Waals surface area contributed by atoms with Gasteiger partial charge in [-0.3, -0.25) is 4.79 Å². The number of hydrogen-bond donors (Lipinski definition) is 2. The molecule has 0 fully saturated rings. The van der Waals surface area contributed by atoms with E-state index in [2.05, 4.69) is 29.7 Å². The largest absolute Gasteiger partial charge is 0.385 e. The summed E-state index contributed by atoms with van der Waals surface area (Å²) in [6.07, 6.45) is 0.903. The second kappa shape index (κ2) is 5.50. The summed E-state index contributed by atoms with van der Waals surface area (Å²) < 4.78 is 5.00. The highest BCUT2D eigenvalue weighted by molar-refractivity contribution is 6.03. The molecular formula is C14H20N2O2. The number of hydrogen-bond acceptors (Lipinski definition) is 3. The molecule has 4 heteroatoms. The quantitative estimate of drug-likeness (QED) is 0.783. The number of anilines is 1. The van der Waals surface area contributed by atoms with E-state index in [4.69, 9.17) is 4.74 Å².